The van der Waals surface area contributed by atoms with E-state index >= 15 is 0 Å². The molecule has 1 atom stereocenters. The smallest absolute Gasteiger partial charge is 0.337 e. The van der Waals surface area contributed by atoms with Crippen molar-refractivity contribution in [2.75, 3.05) is 5.32 Å². The number of hydrogen-bond acceptors (Lipinski definition) is 3. The summed E-state index contributed by atoms with van der Waals surface area (Å²) < 4.78 is 0. The number of aryl methyl sites for hydroxylation is 1. The number of anilines is 1. The van der Waals surface area contributed by atoms with Gasteiger partial charge in [0.2, 0.25) is 5.91 Å². The maximum atomic E-state index is 11.3. The predicted molar refractivity (Wildman–Crippen MR) is 60.4 cm³/mol. The summed E-state index contributed by atoms with van der Waals surface area (Å²) in [5.41, 5.74) is 6.52. The molecule has 1 rings (SSSR count). The zero-order valence-corrected chi connectivity index (χ0v) is 9.15. The fourth-order valence-corrected chi connectivity index (χ4v) is 1.19. The van der Waals surface area contributed by atoms with E-state index in [0.717, 1.165) is 5.56 Å². The van der Waals surface area contributed by atoms with E-state index < -0.39 is 17.9 Å². The van der Waals surface area contributed by atoms with Crippen molar-refractivity contribution in [1.82, 2.24) is 0 Å². The van der Waals surface area contributed by atoms with Crippen LogP contribution in [-0.2, 0) is 4.79 Å². The molecular weight excluding hydrogens is 208 g/mol. The molecule has 0 saturated heterocycles. The molecule has 0 heterocycles. The number of hydrogen-bond donors (Lipinski definition) is 3. The minimum Gasteiger partial charge on any atom is -0.478 e. The van der Waals surface area contributed by atoms with Crippen LogP contribution in [0.25, 0.3) is 0 Å². The third-order valence-corrected chi connectivity index (χ3v) is 2.08. The molecule has 1 aromatic carbocycles. The lowest BCUT2D eigenvalue weighted by atomic mass is 10.1. The number of carboxylic acids is 1. The first-order chi connectivity index (χ1) is 7.41. The van der Waals surface area contributed by atoms with Crippen molar-refractivity contribution in [3.05, 3.63) is 29.3 Å². The van der Waals surface area contributed by atoms with Crippen molar-refractivity contribution in [2.45, 2.75) is 19.9 Å². The number of rotatable bonds is 3. The van der Waals surface area contributed by atoms with Crippen molar-refractivity contribution in [1.29, 1.82) is 0 Å². The Balaban J connectivity index is 3.04. The minimum atomic E-state index is -1.08. The molecule has 0 spiro atoms. The van der Waals surface area contributed by atoms with Gasteiger partial charge < -0.3 is 16.2 Å². The van der Waals surface area contributed by atoms with Gasteiger partial charge in [-0.3, -0.25) is 4.79 Å². The van der Waals surface area contributed by atoms with E-state index in [4.69, 9.17) is 10.8 Å². The quantitative estimate of drug-likeness (QED) is 0.710. The number of nitrogens with one attached hydrogen (secondary N) is 1. The van der Waals surface area contributed by atoms with E-state index in [9.17, 15) is 9.59 Å². The second-order valence-corrected chi connectivity index (χ2v) is 3.63. The average Bonchev–Trinajstić information content (AvgIpc) is 2.20. The van der Waals surface area contributed by atoms with Crippen molar-refractivity contribution in [2.24, 2.45) is 5.73 Å². The molecule has 5 heteroatoms. The molecule has 5 nitrogen and oxygen atoms in total. The van der Waals surface area contributed by atoms with E-state index in [2.05, 4.69) is 5.32 Å². The lowest BCUT2D eigenvalue weighted by Gasteiger charge is -2.10. The standard InChI is InChI=1S/C11H14N2O3/c1-6-3-4-9(8(5-6)11(15)16)13-10(14)7(2)12/h3-5,7H,12H2,1-2H3,(H,13,14)(H,15,16)/t7-/m0/s1. The SMILES string of the molecule is Cc1ccc(NC(=O)[C@H](C)N)c(C(=O)O)c1. The topological polar surface area (TPSA) is 92.4 Å². The van der Waals surface area contributed by atoms with Crippen LogP contribution in [-0.4, -0.2) is 23.0 Å². The first-order valence-corrected chi connectivity index (χ1v) is 4.82. The fourth-order valence-electron chi connectivity index (χ4n) is 1.19. The number of benzene rings is 1. The van der Waals surface area contributed by atoms with Crippen LogP contribution in [0.1, 0.15) is 22.8 Å². The first-order valence-electron chi connectivity index (χ1n) is 4.82. The average molecular weight is 222 g/mol. The Morgan fingerprint density at radius 1 is 1.44 bits per heavy atom. The zero-order valence-electron chi connectivity index (χ0n) is 9.15. The van der Waals surface area contributed by atoms with Gasteiger partial charge in [-0.25, -0.2) is 4.79 Å². The van der Waals surface area contributed by atoms with Gasteiger partial charge >= 0.3 is 5.97 Å². The molecule has 0 aromatic heterocycles. The molecule has 0 unspecified atom stereocenters. The molecule has 0 radical (unpaired) electrons. The van der Waals surface area contributed by atoms with Gasteiger partial charge in [0.25, 0.3) is 0 Å². The molecule has 0 aliphatic rings. The van der Waals surface area contributed by atoms with E-state index in [-0.39, 0.29) is 11.3 Å². The normalized spacial score (nSPS) is 11.9. The van der Waals surface area contributed by atoms with Crippen molar-refractivity contribution >= 4 is 17.6 Å². The highest BCUT2D eigenvalue weighted by Gasteiger charge is 2.14. The summed E-state index contributed by atoms with van der Waals surface area (Å²) in [6, 6.07) is 4.10. The van der Waals surface area contributed by atoms with E-state index in [1.165, 1.54) is 13.0 Å². The Bertz CT molecular complexity index is 427. The molecule has 16 heavy (non-hydrogen) atoms. The largest absolute Gasteiger partial charge is 0.478 e. The van der Waals surface area contributed by atoms with Crippen LogP contribution in [0.3, 0.4) is 0 Å². The lowest BCUT2D eigenvalue weighted by molar-refractivity contribution is -0.117. The molecule has 0 fully saturated rings. The molecule has 0 bridgehead atoms. The number of aromatic carboxylic acids is 1. The van der Waals surface area contributed by atoms with Gasteiger partial charge in [-0.15, -0.1) is 0 Å². The highest BCUT2D eigenvalue weighted by Crippen LogP contribution is 2.17. The van der Waals surface area contributed by atoms with Crippen LogP contribution < -0.4 is 11.1 Å². The molecule has 1 aromatic rings. The van der Waals surface area contributed by atoms with Crippen molar-refractivity contribution in [3.8, 4) is 0 Å². The summed E-state index contributed by atoms with van der Waals surface area (Å²) in [5.74, 6) is -1.49. The van der Waals surface area contributed by atoms with Crippen LogP contribution in [0.4, 0.5) is 5.69 Å². The number of carboxylic acid groups (broad SMARTS) is 1. The second kappa shape index (κ2) is 4.76. The number of carbonyl (C=O) groups excluding carboxylic acids is 1. The zero-order chi connectivity index (χ0) is 12.3. The maximum absolute atomic E-state index is 11.3. The highest BCUT2D eigenvalue weighted by molar-refractivity contribution is 6.02. The van der Waals surface area contributed by atoms with Crippen molar-refractivity contribution in [3.63, 3.8) is 0 Å². The molecular formula is C11H14N2O3. The number of amides is 1. The maximum Gasteiger partial charge on any atom is 0.337 e. The summed E-state index contributed by atoms with van der Waals surface area (Å²) in [4.78, 5) is 22.3. The Kier molecular flexibility index (Phi) is 3.63. The van der Waals surface area contributed by atoms with Gasteiger partial charge in [0, 0.05) is 0 Å². The van der Waals surface area contributed by atoms with Crippen LogP contribution in [0, 0.1) is 6.92 Å². The van der Waals surface area contributed by atoms with Gasteiger partial charge in [-0.2, -0.15) is 0 Å². The van der Waals surface area contributed by atoms with E-state index in [1.807, 2.05) is 0 Å². The Labute approximate surface area is 93.3 Å². The highest BCUT2D eigenvalue weighted by atomic mass is 16.4. The molecule has 0 aliphatic heterocycles. The van der Waals surface area contributed by atoms with Crippen LogP contribution in [0.15, 0.2) is 18.2 Å². The number of nitrogens with two attached hydrogens (primary N) is 1. The Morgan fingerprint density at radius 2 is 2.06 bits per heavy atom. The monoisotopic (exact) mass is 222 g/mol. The third-order valence-electron chi connectivity index (χ3n) is 2.08. The van der Waals surface area contributed by atoms with E-state index in [0.29, 0.717) is 0 Å². The summed E-state index contributed by atoms with van der Waals surface area (Å²) in [7, 11) is 0. The summed E-state index contributed by atoms with van der Waals surface area (Å²) in [6.07, 6.45) is 0. The van der Waals surface area contributed by atoms with Gasteiger partial charge in [-0.1, -0.05) is 11.6 Å². The Morgan fingerprint density at radius 3 is 2.56 bits per heavy atom. The molecule has 86 valence electrons. The molecule has 1 amide bonds. The first kappa shape index (κ1) is 12.2. The number of carbonyl (C=O) groups is 2. The Hall–Kier alpha value is -1.88. The summed E-state index contributed by atoms with van der Waals surface area (Å²) >= 11 is 0. The van der Waals surface area contributed by atoms with Crippen LogP contribution in [0.5, 0.6) is 0 Å². The molecule has 0 saturated carbocycles. The van der Waals surface area contributed by atoms with Gasteiger partial charge in [-0.05, 0) is 26.0 Å². The second-order valence-electron chi connectivity index (χ2n) is 3.63. The summed E-state index contributed by atoms with van der Waals surface area (Å²) in [5, 5.41) is 11.4. The lowest BCUT2D eigenvalue weighted by Crippen LogP contribution is -2.33. The molecule has 4 N–H and O–H groups in total. The fraction of sp³-hybridized carbons (Fsp3) is 0.273. The predicted octanol–water partition coefficient (Wildman–Crippen LogP) is 0.979. The molecule has 0 aliphatic carbocycles. The van der Waals surface area contributed by atoms with Gasteiger partial charge in [0.05, 0.1) is 17.3 Å². The third kappa shape index (κ3) is 2.80. The minimum absolute atomic E-state index is 0.0639. The van der Waals surface area contributed by atoms with Gasteiger partial charge in [0.15, 0.2) is 0 Å². The van der Waals surface area contributed by atoms with Crippen LogP contribution >= 0.6 is 0 Å². The van der Waals surface area contributed by atoms with Crippen molar-refractivity contribution < 1.29 is 14.7 Å². The van der Waals surface area contributed by atoms with Crippen LogP contribution in [0.2, 0.25) is 0 Å². The van der Waals surface area contributed by atoms with E-state index in [1.54, 1.807) is 19.1 Å². The van der Waals surface area contributed by atoms with Gasteiger partial charge in [0.1, 0.15) is 0 Å². The summed E-state index contributed by atoms with van der Waals surface area (Å²) in [6.45, 7) is 3.31.